The molecule has 0 atom stereocenters. The van der Waals surface area contributed by atoms with Crippen molar-refractivity contribution in [2.45, 2.75) is 26.9 Å². The molecule has 0 unspecified atom stereocenters. The van der Waals surface area contributed by atoms with Crippen LogP contribution in [0.15, 0.2) is 65.6 Å². The van der Waals surface area contributed by atoms with E-state index < -0.39 is 0 Å². The fourth-order valence-corrected chi connectivity index (χ4v) is 4.16. The molecule has 0 spiro atoms. The molecule has 6 nitrogen and oxygen atoms in total. The highest BCUT2D eigenvalue weighted by molar-refractivity contribution is 6.31. The van der Waals surface area contributed by atoms with Gasteiger partial charge in [-0.3, -0.25) is 14.3 Å². The van der Waals surface area contributed by atoms with Crippen LogP contribution in [0.25, 0.3) is 16.6 Å². The number of aromatic nitrogens is 3. The molecule has 0 amide bonds. The largest absolute Gasteiger partial charge is 0.378 e. The predicted molar refractivity (Wildman–Crippen MR) is 136 cm³/mol. The SMILES string of the molecule is CCN(CC)Cc1cccc(NCc2nc3ccc(Cl)cc3c(=O)n2-c2cccnc2Cl)c1. The van der Waals surface area contributed by atoms with Crippen LogP contribution < -0.4 is 10.9 Å². The van der Waals surface area contributed by atoms with Gasteiger partial charge in [-0.25, -0.2) is 9.97 Å². The van der Waals surface area contributed by atoms with Gasteiger partial charge in [-0.05, 0) is 61.1 Å². The standard InChI is InChI=1S/C25H25Cl2N5O/c1-3-31(4-2)16-17-7-5-8-19(13-17)29-15-23-30-21-11-10-18(26)14-20(21)25(33)32(23)22-9-6-12-28-24(22)27/h5-14,29H,3-4,15-16H2,1-2H3. The van der Waals surface area contributed by atoms with E-state index in [4.69, 9.17) is 28.2 Å². The Hall–Kier alpha value is -2.93. The van der Waals surface area contributed by atoms with Crippen molar-refractivity contribution in [2.24, 2.45) is 0 Å². The van der Waals surface area contributed by atoms with Crippen molar-refractivity contribution in [1.29, 1.82) is 0 Å². The second-order valence-corrected chi connectivity index (χ2v) is 8.45. The number of pyridine rings is 1. The van der Waals surface area contributed by atoms with Crippen LogP contribution in [0.2, 0.25) is 10.2 Å². The average Bonchev–Trinajstić information content (AvgIpc) is 2.83. The molecule has 0 saturated carbocycles. The number of rotatable bonds is 8. The van der Waals surface area contributed by atoms with E-state index in [1.54, 1.807) is 36.5 Å². The lowest BCUT2D eigenvalue weighted by Crippen LogP contribution is -2.26. The molecule has 0 aliphatic carbocycles. The zero-order valence-electron chi connectivity index (χ0n) is 18.6. The van der Waals surface area contributed by atoms with Gasteiger partial charge >= 0.3 is 0 Å². The Morgan fingerprint density at radius 3 is 2.61 bits per heavy atom. The predicted octanol–water partition coefficient (Wildman–Crippen LogP) is 5.54. The normalized spacial score (nSPS) is 11.3. The van der Waals surface area contributed by atoms with Crippen LogP contribution in [-0.4, -0.2) is 32.5 Å². The van der Waals surface area contributed by atoms with E-state index in [0.717, 1.165) is 25.3 Å². The summed E-state index contributed by atoms with van der Waals surface area (Å²) in [5.41, 5.74) is 2.98. The maximum Gasteiger partial charge on any atom is 0.266 e. The summed E-state index contributed by atoms with van der Waals surface area (Å²) in [7, 11) is 0. The Balaban J connectivity index is 1.72. The molecule has 0 radical (unpaired) electrons. The highest BCUT2D eigenvalue weighted by Crippen LogP contribution is 2.22. The molecule has 8 heteroatoms. The van der Waals surface area contributed by atoms with Gasteiger partial charge in [-0.1, -0.05) is 49.2 Å². The van der Waals surface area contributed by atoms with E-state index in [2.05, 4.69) is 41.2 Å². The first-order valence-electron chi connectivity index (χ1n) is 10.9. The summed E-state index contributed by atoms with van der Waals surface area (Å²) >= 11 is 12.5. The van der Waals surface area contributed by atoms with Crippen LogP contribution in [0.3, 0.4) is 0 Å². The number of hydrogen-bond acceptors (Lipinski definition) is 5. The van der Waals surface area contributed by atoms with Gasteiger partial charge in [0.2, 0.25) is 0 Å². The fourth-order valence-electron chi connectivity index (χ4n) is 3.78. The Labute approximate surface area is 202 Å². The third-order valence-electron chi connectivity index (χ3n) is 5.56. The summed E-state index contributed by atoms with van der Waals surface area (Å²) in [4.78, 5) is 24.7. The number of nitrogens with one attached hydrogen (secondary N) is 1. The van der Waals surface area contributed by atoms with Crippen LogP contribution in [0.1, 0.15) is 25.2 Å². The molecule has 0 fully saturated rings. The van der Waals surface area contributed by atoms with Gasteiger partial charge in [-0.15, -0.1) is 0 Å². The minimum Gasteiger partial charge on any atom is -0.378 e. The summed E-state index contributed by atoms with van der Waals surface area (Å²) < 4.78 is 1.50. The van der Waals surface area contributed by atoms with E-state index in [1.807, 2.05) is 12.1 Å². The number of fused-ring (bicyclic) bond motifs is 1. The molecule has 4 aromatic rings. The third kappa shape index (κ3) is 5.19. The maximum absolute atomic E-state index is 13.5. The van der Waals surface area contributed by atoms with Crippen molar-refractivity contribution in [3.05, 3.63) is 92.7 Å². The third-order valence-corrected chi connectivity index (χ3v) is 6.08. The van der Waals surface area contributed by atoms with Gasteiger partial charge < -0.3 is 5.32 Å². The molecule has 170 valence electrons. The first-order chi connectivity index (χ1) is 16.0. The summed E-state index contributed by atoms with van der Waals surface area (Å²) in [6.45, 7) is 7.52. The molecule has 1 N–H and O–H groups in total. The monoisotopic (exact) mass is 481 g/mol. The summed E-state index contributed by atoms with van der Waals surface area (Å²) in [6.07, 6.45) is 1.58. The van der Waals surface area contributed by atoms with Gasteiger partial charge in [0, 0.05) is 23.5 Å². The fraction of sp³-hybridized carbons (Fsp3) is 0.240. The zero-order chi connectivity index (χ0) is 23.4. The Kier molecular flexibility index (Phi) is 7.28. The lowest BCUT2D eigenvalue weighted by atomic mass is 10.2. The minimum absolute atomic E-state index is 0.227. The molecule has 0 aliphatic rings. The second kappa shape index (κ2) is 10.3. The Morgan fingerprint density at radius 1 is 1.03 bits per heavy atom. The average molecular weight is 482 g/mol. The highest BCUT2D eigenvalue weighted by atomic mass is 35.5. The van der Waals surface area contributed by atoms with Crippen molar-refractivity contribution < 1.29 is 0 Å². The molecule has 0 aliphatic heterocycles. The van der Waals surface area contributed by atoms with Crippen molar-refractivity contribution in [3.8, 4) is 5.69 Å². The lowest BCUT2D eigenvalue weighted by Gasteiger charge is -2.19. The summed E-state index contributed by atoms with van der Waals surface area (Å²) in [5, 5.41) is 4.54. The van der Waals surface area contributed by atoms with E-state index >= 15 is 0 Å². The number of halogens is 2. The highest BCUT2D eigenvalue weighted by Gasteiger charge is 2.16. The number of nitrogens with zero attached hydrogens (tertiary/aromatic N) is 4. The van der Waals surface area contributed by atoms with Crippen molar-refractivity contribution >= 4 is 39.8 Å². The van der Waals surface area contributed by atoms with E-state index in [-0.39, 0.29) is 10.7 Å². The summed E-state index contributed by atoms with van der Waals surface area (Å²) in [6, 6.07) is 16.9. The molecular formula is C25H25Cl2N5O. The molecule has 2 aromatic heterocycles. The molecule has 0 bridgehead atoms. The van der Waals surface area contributed by atoms with Gasteiger partial charge in [0.1, 0.15) is 5.82 Å². The molecule has 4 rings (SSSR count). The topological polar surface area (TPSA) is 63.1 Å². The van der Waals surface area contributed by atoms with Crippen LogP contribution in [0.5, 0.6) is 0 Å². The minimum atomic E-state index is -0.246. The maximum atomic E-state index is 13.5. The van der Waals surface area contributed by atoms with Crippen molar-refractivity contribution in [3.63, 3.8) is 0 Å². The Bertz CT molecular complexity index is 1330. The zero-order valence-corrected chi connectivity index (χ0v) is 20.1. The lowest BCUT2D eigenvalue weighted by molar-refractivity contribution is 0.296. The first kappa shape index (κ1) is 23.2. The van der Waals surface area contributed by atoms with E-state index in [9.17, 15) is 4.79 Å². The van der Waals surface area contributed by atoms with Crippen LogP contribution in [0.4, 0.5) is 5.69 Å². The second-order valence-electron chi connectivity index (χ2n) is 7.66. The number of anilines is 1. The van der Waals surface area contributed by atoms with Crippen LogP contribution in [0, 0.1) is 0 Å². The molecule has 2 aromatic carbocycles. The molecule has 2 heterocycles. The van der Waals surface area contributed by atoms with Gasteiger partial charge in [-0.2, -0.15) is 0 Å². The van der Waals surface area contributed by atoms with Crippen LogP contribution >= 0.6 is 23.2 Å². The molecule has 33 heavy (non-hydrogen) atoms. The molecule has 0 saturated heterocycles. The Morgan fingerprint density at radius 2 is 1.85 bits per heavy atom. The van der Waals surface area contributed by atoms with Gasteiger partial charge in [0.05, 0.1) is 23.1 Å². The first-order valence-corrected chi connectivity index (χ1v) is 11.6. The molecular weight excluding hydrogens is 457 g/mol. The smallest absolute Gasteiger partial charge is 0.266 e. The van der Waals surface area contributed by atoms with Gasteiger partial charge in [0.25, 0.3) is 5.56 Å². The van der Waals surface area contributed by atoms with Crippen LogP contribution in [-0.2, 0) is 13.1 Å². The van der Waals surface area contributed by atoms with Crippen molar-refractivity contribution in [2.75, 3.05) is 18.4 Å². The van der Waals surface area contributed by atoms with Gasteiger partial charge in [0.15, 0.2) is 5.15 Å². The van der Waals surface area contributed by atoms with E-state index in [0.29, 0.717) is 34.0 Å². The summed E-state index contributed by atoms with van der Waals surface area (Å²) in [5.74, 6) is 0.527. The van der Waals surface area contributed by atoms with E-state index in [1.165, 1.54) is 10.1 Å². The van der Waals surface area contributed by atoms with Crippen molar-refractivity contribution in [1.82, 2.24) is 19.4 Å². The quantitative estimate of drug-likeness (QED) is 0.334. The number of hydrogen-bond donors (Lipinski definition) is 1. The number of benzene rings is 2.